The SMILES string of the molecule is CCOC(=O)c1sc(-c2cc(C)c(O)c(C#N)c2)nc1C. The highest BCUT2D eigenvalue weighted by Gasteiger charge is 2.18. The summed E-state index contributed by atoms with van der Waals surface area (Å²) in [4.78, 5) is 16.6. The smallest absolute Gasteiger partial charge is 0.350 e. The minimum atomic E-state index is -0.394. The van der Waals surface area contributed by atoms with Crippen LogP contribution in [0.4, 0.5) is 0 Å². The van der Waals surface area contributed by atoms with Gasteiger partial charge in [0.1, 0.15) is 21.7 Å². The molecule has 0 atom stereocenters. The molecule has 108 valence electrons. The predicted octanol–water partition coefficient (Wildman–Crippen LogP) is 3.18. The van der Waals surface area contributed by atoms with Crippen molar-refractivity contribution in [3.8, 4) is 22.4 Å². The van der Waals surface area contributed by atoms with Crippen molar-refractivity contribution in [2.24, 2.45) is 0 Å². The van der Waals surface area contributed by atoms with Crippen LogP contribution in [0, 0.1) is 25.2 Å². The van der Waals surface area contributed by atoms with Crippen molar-refractivity contribution >= 4 is 17.3 Å². The summed E-state index contributed by atoms with van der Waals surface area (Å²) in [5.41, 5.74) is 2.08. The zero-order chi connectivity index (χ0) is 15.6. The van der Waals surface area contributed by atoms with Crippen LogP contribution in [0.2, 0.25) is 0 Å². The van der Waals surface area contributed by atoms with Crippen LogP contribution in [0.3, 0.4) is 0 Å². The molecule has 0 bridgehead atoms. The van der Waals surface area contributed by atoms with Gasteiger partial charge in [-0.1, -0.05) is 0 Å². The molecule has 0 spiro atoms. The van der Waals surface area contributed by atoms with Crippen molar-refractivity contribution in [3.05, 3.63) is 33.8 Å². The molecule has 0 aliphatic rings. The van der Waals surface area contributed by atoms with E-state index in [0.29, 0.717) is 33.3 Å². The minimum Gasteiger partial charge on any atom is -0.506 e. The van der Waals surface area contributed by atoms with Crippen molar-refractivity contribution in [2.75, 3.05) is 6.61 Å². The number of phenols is 1. The van der Waals surface area contributed by atoms with Crippen molar-refractivity contribution in [3.63, 3.8) is 0 Å². The second-order valence-corrected chi connectivity index (χ2v) is 5.45. The van der Waals surface area contributed by atoms with E-state index < -0.39 is 5.97 Å². The molecule has 1 N–H and O–H groups in total. The van der Waals surface area contributed by atoms with Gasteiger partial charge >= 0.3 is 5.97 Å². The maximum Gasteiger partial charge on any atom is 0.350 e. The van der Waals surface area contributed by atoms with E-state index >= 15 is 0 Å². The standard InChI is InChI=1S/C15H14N2O3S/c1-4-20-15(19)13-9(3)17-14(21-13)10-5-8(2)12(18)11(6-10)7-16/h5-6,18H,4H2,1-3H3. The van der Waals surface area contributed by atoms with Crippen LogP contribution in [0.15, 0.2) is 12.1 Å². The van der Waals surface area contributed by atoms with Gasteiger partial charge in [0.05, 0.1) is 17.9 Å². The molecule has 0 saturated heterocycles. The number of esters is 1. The van der Waals surface area contributed by atoms with Crippen LogP contribution in [0.5, 0.6) is 5.75 Å². The Hall–Kier alpha value is -2.39. The zero-order valence-corrected chi connectivity index (χ0v) is 12.7. The number of phenolic OH excluding ortho intramolecular Hbond substituents is 1. The van der Waals surface area contributed by atoms with Crippen LogP contribution in [-0.2, 0) is 4.74 Å². The van der Waals surface area contributed by atoms with Crippen molar-refractivity contribution in [1.82, 2.24) is 4.98 Å². The molecule has 0 amide bonds. The highest BCUT2D eigenvalue weighted by molar-refractivity contribution is 7.17. The molecule has 0 radical (unpaired) electrons. The van der Waals surface area contributed by atoms with Gasteiger partial charge in [-0.2, -0.15) is 5.26 Å². The fourth-order valence-electron chi connectivity index (χ4n) is 1.89. The predicted molar refractivity (Wildman–Crippen MR) is 79.4 cm³/mol. The number of thiazole rings is 1. The number of hydrogen-bond acceptors (Lipinski definition) is 6. The molecule has 2 aromatic rings. The Balaban J connectivity index is 2.49. The third kappa shape index (κ3) is 2.88. The van der Waals surface area contributed by atoms with Gasteiger partial charge < -0.3 is 9.84 Å². The lowest BCUT2D eigenvalue weighted by Gasteiger charge is -2.04. The number of nitriles is 1. The molecule has 0 fully saturated rings. The Kier molecular flexibility index (Phi) is 4.24. The van der Waals surface area contributed by atoms with E-state index in [1.807, 2.05) is 6.07 Å². The molecule has 6 heteroatoms. The number of benzene rings is 1. The maximum absolute atomic E-state index is 11.8. The summed E-state index contributed by atoms with van der Waals surface area (Å²) in [5, 5.41) is 19.4. The number of aryl methyl sites for hydroxylation is 2. The second-order valence-electron chi connectivity index (χ2n) is 4.46. The first-order valence-corrected chi connectivity index (χ1v) is 7.18. The molecule has 0 aliphatic heterocycles. The maximum atomic E-state index is 11.8. The summed E-state index contributed by atoms with van der Waals surface area (Å²) in [6.45, 7) is 5.51. The highest BCUT2D eigenvalue weighted by atomic mass is 32.1. The minimum absolute atomic E-state index is 0.0276. The number of nitrogens with zero attached hydrogens (tertiary/aromatic N) is 2. The molecule has 5 nitrogen and oxygen atoms in total. The molecule has 2 rings (SSSR count). The van der Waals surface area contributed by atoms with Crippen LogP contribution in [0.25, 0.3) is 10.6 Å². The summed E-state index contributed by atoms with van der Waals surface area (Å²) < 4.78 is 4.98. The summed E-state index contributed by atoms with van der Waals surface area (Å²) in [5.74, 6) is -0.421. The molecular weight excluding hydrogens is 288 g/mol. The van der Waals surface area contributed by atoms with E-state index in [2.05, 4.69) is 4.98 Å². The average molecular weight is 302 g/mol. The van der Waals surface area contributed by atoms with E-state index in [-0.39, 0.29) is 11.3 Å². The van der Waals surface area contributed by atoms with Crippen LogP contribution in [0.1, 0.15) is 33.4 Å². The first-order valence-electron chi connectivity index (χ1n) is 6.36. The summed E-state index contributed by atoms with van der Waals surface area (Å²) >= 11 is 1.22. The lowest BCUT2D eigenvalue weighted by atomic mass is 10.1. The largest absolute Gasteiger partial charge is 0.506 e. The molecule has 0 aliphatic carbocycles. The van der Waals surface area contributed by atoms with Gasteiger partial charge in [-0.3, -0.25) is 0 Å². The fraction of sp³-hybridized carbons (Fsp3) is 0.267. The van der Waals surface area contributed by atoms with E-state index in [1.54, 1.807) is 32.9 Å². The topological polar surface area (TPSA) is 83.2 Å². The van der Waals surface area contributed by atoms with Crippen molar-refractivity contribution < 1.29 is 14.6 Å². The van der Waals surface area contributed by atoms with Gasteiger partial charge in [-0.25, -0.2) is 9.78 Å². The van der Waals surface area contributed by atoms with Crippen molar-refractivity contribution in [2.45, 2.75) is 20.8 Å². The summed E-state index contributed by atoms with van der Waals surface area (Å²) in [6.07, 6.45) is 0. The zero-order valence-electron chi connectivity index (χ0n) is 11.9. The highest BCUT2D eigenvalue weighted by Crippen LogP contribution is 2.33. The number of ether oxygens (including phenoxy) is 1. The quantitative estimate of drug-likeness (QED) is 0.880. The lowest BCUT2D eigenvalue weighted by Crippen LogP contribution is -2.03. The molecule has 1 aromatic carbocycles. The first kappa shape index (κ1) is 15.0. The molecule has 1 heterocycles. The van der Waals surface area contributed by atoms with Crippen LogP contribution < -0.4 is 0 Å². The average Bonchev–Trinajstić information content (AvgIpc) is 2.84. The molecule has 0 saturated carbocycles. The van der Waals surface area contributed by atoms with Gasteiger partial charge in [0, 0.05) is 5.56 Å². The second kappa shape index (κ2) is 5.94. The normalized spacial score (nSPS) is 10.2. The third-order valence-electron chi connectivity index (χ3n) is 2.93. The third-order valence-corrected chi connectivity index (χ3v) is 4.11. The monoisotopic (exact) mass is 302 g/mol. The van der Waals surface area contributed by atoms with Crippen molar-refractivity contribution in [1.29, 1.82) is 5.26 Å². The van der Waals surface area contributed by atoms with Gasteiger partial charge in [-0.15, -0.1) is 11.3 Å². The molecule has 21 heavy (non-hydrogen) atoms. The van der Waals surface area contributed by atoms with Crippen LogP contribution in [-0.4, -0.2) is 22.7 Å². The lowest BCUT2D eigenvalue weighted by molar-refractivity contribution is 0.0531. The number of hydrogen-bond donors (Lipinski definition) is 1. The number of rotatable bonds is 3. The fourth-order valence-corrected chi connectivity index (χ4v) is 2.84. The number of aromatic hydroxyl groups is 1. The summed E-state index contributed by atoms with van der Waals surface area (Å²) in [7, 11) is 0. The number of carbonyl (C=O) groups is 1. The van der Waals surface area contributed by atoms with Gasteiger partial charge in [-0.05, 0) is 38.5 Å². The number of carbonyl (C=O) groups excluding carboxylic acids is 1. The van der Waals surface area contributed by atoms with E-state index in [0.717, 1.165) is 0 Å². The molecular formula is C15H14N2O3S. The van der Waals surface area contributed by atoms with E-state index in [4.69, 9.17) is 10.00 Å². The van der Waals surface area contributed by atoms with E-state index in [1.165, 1.54) is 11.3 Å². The Bertz CT molecular complexity index is 744. The van der Waals surface area contributed by atoms with Crippen LogP contribution >= 0.6 is 11.3 Å². The van der Waals surface area contributed by atoms with Gasteiger partial charge in [0.25, 0.3) is 0 Å². The first-order chi connectivity index (χ1) is 9.97. The molecule has 1 aromatic heterocycles. The number of aromatic nitrogens is 1. The molecule has 0 unspecified atom stereocenters. The Labute approximate surface area is 126 Å². The van der Waals surface area contributed by atoms with Gasteiger partial charge in [0.2, 0.25) is 0 Å². The van der Waals surface area contributed by atoms with Gasteiger partial charge in [0.15, 0.2) is 0 Å². The Morgan fingerprint density at radius 3 is 2.81 bits per heavy atom. The van der Waals surface area contributed by atoms with E-state index in [9.17, 15) is 9.90 Å². The Morgan fingerprint density at radius 1 is 1.48 bits per heavy atom. The summed E-state index contributed by atoms with van der Waals surface area (Å²) in [6, 6.07) is 5.25. The Morgan fingerprint density at radius 2 is 2.19 bits per heavy atom.